The second-order valence-electron chi connectivity index (χ2n) is 5.82. The maximum atomic E-state index is 12.2. The molecule has 0 saturated carbocycles. The van der Waals surface area contributed by atoms with Gasteiger partial charge in [-0.2, -0.15) is 5.10 Å². The van der Waals surface area contributed by atoms with Gasteiger partial charge in [0.1, 0.15) is 17.4 Å². The van der Waals surface area contributed by atoms with E-state index in [9.17, 15) is 14.4 Å². The van der Waals surface area contributed by atoms with Crippen LogP contribution in [0.2, 0.25) is 0 Å². The molecule has 3 heterocycles. The first-order valence-electron chi connectivity index (χ1n) is 7.72. The molecular weight excluding hydrogens is 298 g/mol. The number of ketones is 1. The lowest BCUT2D eigenvalue weighted by atomic mass is 9.98. The van der Waals surface area contributed by atoms with Crippen molar-refractivity contribution in [3.05, 3.63) is 11.5 Å². The third-order valence-electron chi connectivity index (χ3n) is 4.17. The fourth-order valence-corrected chi connectivity index (χ4v) is 2.78. The number of hydrazone groups is 1. The van der Waals surface area contributed by atoms with Crippen molar-refractivity contribution in [3.8, 4) is 0 Å². The highest BCUT2D eigenvalue weighted by Gasteiger charge is 2.37. The highest BCUT2D eigenvalue weighted by atomic mass is 16.2. The molecule has 0 fully saturated rings. The molecule has 0 radical (unpaired) electrons. The summed E-state index contributed by atoms with van der Waals surface area (Å²) in [7, 11) is 1.62. The Balaban J connectivity index is 1.67. The molecule has 0 spiro atoms. The number of hydrogen-bond donors (Lipinski definition) is 1. The minimum atomic E-state index is -0.680. The Kier molecular flexibility index (Phi) is 3.97. The molecule has 0 saturated heterocycles. The van der Waals surface area contributed by atoms with Gasteiger partial charge in [-0.15, -0.1) is 0 Å². The van der Waals surface area contributed by atoms with E-state index in [-0.39, 0.29) is 17.6 Å². The number of rotatable bonds is 4. The van der Waals surface area contributed by atoms with Crippen LogP contribution in [-0.2, 0) is 16.0 Å². The number of aromatic amines is 1. The van der Waals surface area contributed by atoms with Gasteiger partial charge in [0.15, 0.2) is 11.6 Å². The second-order valence-corrected chi connectivity index (χ2v) is 5.82. The van der Waals surface area contributed by atoms with E-state index in [4.69, 9.17) is 0 Å². The Labute approximate surface area is 133 Å². The van der Waals surface area contributed by atoms with Crippen LogP contribution in [0, 0.1) is 5.92 Å². The fraction of sp³-hybridized carbons (Fsp3) is 0.533. The van der Waals surface area contributed by atoms with Gasteiger partial charge in [-0.3, -0.25) is 19.3 Å². The summed E-state index contributed by atoms with van der Waals surface area (Å²) >= 11 is 0. The lowest BCUT2D eigenvalue weighted by Gasteiger charge is -2.24. The molecular formula is C15H19N5O3. The molecule has 3 rings (SSSR count). The summed E-state index contributed by atoms with van der Waals surface area (Å²) in [5, 5.41) is 5.54. The van der Waals surface area contributed by atoms with Crippen LogP contribution in [0.5, 0.6) is 0 Å². The third kappa shape index (κ3) is 2.76. The molecule has 8 nitrogen and oxygen atoms in total. The van der Waals surface area contributed by atoms with E-state index in [0.29, 0.717) is 49.6 Å². The van der Waals surface area contributed by atoms with Crippen molar-refractivity contribution in [2.45, 2.75) is 32.6 Å². The topological polar surface area (TPSA) is 98.7 Å². The number of aromatic nitrogens is 2. The van der Waals surface area contributed by atoms with Crippen LogP contribution in [0.25, 0.3) is 0 Å². The Morgan fingerprint density at radius 1 is 1.35 bits per heavy atom. The molecule has 1 aromatic rings. The van der Waals surface area contributed by atoms with Gasteiger partial charge in [0.25, 0.3) is 0 Å². The van der Waals surface area contributed by atoms with E-state index < -0.39 is 5.92 Å². The number of carbonyl (C=O) groups is 3. The molecule has 23 heavy (non-hydrogen) atoms. The van der Waals surface area contributed by atoms with E-state index in [0.717, 1.165) is 0 Å². The fourth-order valence-electron chi connectivity index (χ4n) is 2.78. The normalized spacial score (nSPS) is 21.1. The molecule has 1 aromatic heterocycles. The second kappa shape index (κ2) is 5.94. The van der Waals surface area contributed by atoms with E-state index in [1.165, 1.54) is 9.91 Å². The van der Waals surface area contributed by atoms with Crippen LogP contribution in [0.3, 0.4) is 0 Å². The first-order chi connectivity index (χ1) is 11.0. The largest absolute Gasteiger partial charge is 0.338 e. The van der Waals surface area contributed by atoms with Crippen LogP contribution in [0.15, 0.2) is 5.10 Å². The number of H-pyrrole nitrogens is 1. The van der Waals surface area contributed by atoms with E-state index in [1.54, 1.807) is 20.2 Å². The minimum Gasteiger partial charge on any atom is -0.338 e. The van der Waals surface area contributed by atoms with Crippen LogP contribution >= 0.6 is 0 Å². The summed E-state index contributed by atoms with van der Waals surface area (Å²) in [6, 6.07) is 0. The Morgan fingerprint density at radius 3 is 2.87 bits per heavy atom. The number of nitrogens with zero attached hydrogens (tertiary/aromatic N) is 4. The predicted octanol–water partition coefficient (Wildman–Crippen LogP) is 0.746. The molecule has 0 bridgehead atoms. The third-order valence-corrected chi connectivity index (χ3v) is 4.17. The lowest BCUT2D eigenvalue weighted by Crippen LogP contribution is -2.41. The van der Waals surface area contributed by atoms with Gasteiger partial charge in [-0.25, -0.2) is 9.99 Å². The molecule has 0 aliphatic carbocycles. The lowest BCUT2D eigenvalue weighted by molar-refractivity contribution is -0.131. The van der Waals surface area contributed by atoms with Gasteiger partial charge in [0.2, 0.25) is 11.8 Å². The summed E-state index contributed by atoms with van der Waals surface area (Å²) in [5.74, 6) is -0.0844. The molecule has 1 N–H and O–H groups in total. The molecule has 1 atom stereocenters. The zero-order valence-electron chi connectivity index (χ0n) is 13.2. The SMILES string of the molecule is CC1C(=O)c2[nH]c(CCCN3N=CCCC3=O)nc2N(C)C1=O. The summed E-state index contributed by atoms with van der Waals surface area (Å²) in [6.07, 6.45) is 4.19. The monoisotopic (exact) mass is 317 g/mol. The molecule has 2 amide bonds. The zero-order valence-corrected chi connectivity index (χ0v) is 13.2. The number of aryl methyl sites for hydroxylation is 1. The van der Waals surface area contributed by atoms with Crippen molar-refractivity contribution in [1.82, 2.24) is 15.0 Å². The summed E-state index contributed by atoms with van der Waals surface area (Å²) in [6.45, 7) is 2.12. The van der Waals surface area contributed by atoms with Gasteiger partial charge >= 0.3 is 0 Å². The molecule has 0 aromatic carbocycles. The average Bonchev–Trinajstić information content (AvgIpc) is 2.97. The number of amides is 2. The zero-order chi connectivity index (χ0) is 16.6. The maximum Gasteiger partial charge on any atom is 0.243 e. The number of Topliss-reactive ketones (excluding diaryl/α,β-unsaturated/α-hetero) is 1. The number of nitrogens with one attached hydrogen (secondary N) is 1. The molecule has 2 aliphatic rings. The van der Waals surface area contributed by atoms with Gasteiger partial charge < -0.3 is 4.98 Å². The predicted molar refractivity (Wildman–Crippen MR) is 83.3 cm³/mol. The Morgan fingerprint density at radius 2 is 2.13 bits per heavy atom. The van der Waals surface area contributed by atoms with Crippen LogP contribution in [-0.4, -0.2) is 52.4 Å². The van der Waals surface area contributed by atoms with E-state index >= 15 is 0 Å². The Bertz CT molecular complexity index is 693. The summed E-state index contributed by atoms with van der Waals surface area (Å²) in [4.78, 5) is 44.6. The maximum absolute atomic E-state index is 12.2. The first-order valence-corrected chi connectivity index (χ1v) is 7.72. The molecule has 8 heteroatoms. The van der Waals surface area contributed by atoms with Crippen molar-refractivity contribution < 1.29 is 14.4 Å². The number of hydrogen-bond acceptors (Lipinski definition) is 5. The van der Waals surface area contributed by atoms with Crippen LogP contribution in [0.1, 0.15) is 42.5 Å². The first kappa shape index (κ1) is 15.4. The number of fused-ring (bicyclic) bond motifs is 1. The van der Waals surface area contributed by atoms with Crippen molar-refractivity contribution in [2.75, 3.05) is 18.5 Å². The average molecular weight is 317 g/mol. The Hall–Kier alpha value is -2.51. The highest BCUT2D eigenvalue weighted by molar-refractivity contribution is 6.19. The standard InChI is InChI=1S/C15H19N5O3/c1-9-13(22)12-14(19(2)15(9)23)18-10(17-12)5-4-8-20-11(21)6-3-7-16-20/h7,9H,3-6,8H2,1-2H3,(H,17,18). The van der Waals surface area contributed by atoms with Gasteiger partial charge in [0, 0.05) is 32.6 Å². The minimum absolute atomic E-state index is 0.0283. The molecule has 1 unspecified atom stereocenters. The number of anilines is 1. The number of carbonyl (C=O) groups excluding carboxylic acids is 3. The van der Waals surface area contributed by atoms with Crippen LogP contribution < -0.4 is 4.90 Å². The van der Waals surface area contributed by atoms with Gasteiger partial charge in [-0.1, -0.05) is 0 Å². The van der Waals surface area contributed by atoms with Gasteiger partial charge in [-0.05, 0) is 19.8 Å². The van der Waals surface area contributed by atoms with Crippen molar-refractivity contribution in [3.63, 3.8) is 0 Å². The highest BCUT2D eigenvalue weighted by Crippen LogP contribution is 2.27. The van der Waals surface area contributed by atoms with Crippen molar-refractivity contribution in [1.29, 1.82) is 0 Å². The number of imidazole rings is 1. The molecule has 2 aliphatic heterocycles. The summed E-state index contributed by atoms with van der Waals surface area (Å²) < 4.78 is 0. The van der Waals surface area contributed by atoms with Crippen molar-refractivity contribution >= 4 is 29.6 Å². The smallest absolute Gasteiger partial charge is 0.243 e. The van der Waals surface area contributed by atoms with E-state index in [1.807, 2.05) is 0 Å². The summed E-state index contributed by atoms with van der Waals surface area (Å²) in [5.41, 5.74) is 0.390. The van der Waals surface area contributed by atoms with Gasteiger partial charge in [0.05, 0.1) is 0 Å². The van der Waals surface area contributed by atoms with E-state index in [2.05, 4.69) is 15.1 Å². The van der Waals surface area contributed by atoms with Crippen LogP contribution in [0.4, 0.5) is 5.82 Å². The quantitative estimate of drug-likeness (QED) is 0.828. The molecule has 122 valence electrons. The van der Waals surface area contributed by atoms with Crippen molar-refractivity contribution in [2.24, 2.45) is 11.0 Å².